The Bertz CT molecular complexity index is 979. The van der Waals surface area contributed by atoms with Gasteiger partial charge in [-0.15, -0.1) is 11.3 Å². The molecule has 1 N–H and O–H groups in total. The van der Waals surface area contributed by atoms with Gasteiger partial charge in [-0.1, -0.05) is 6.07 Å². The van der Waals surface area contributed by atoms with Crippen LogP contribution in [0, 0.1) is 10.1 Å². The standard InChI is InChI=1S/C18H15N3O5S/c1-25-12-4-6-15(16(9-12)21(23)24)17-7-5-13(26-17)11-19-20-18(22)10-14-3-2-8-27-14/h2-9,11H,10H2,1H3,(H,20,22). The Labute approximate surface area is 158 Å². The predicted molar refractivity (Wildman–Crippen MR) is 101 cm³/mol. The van der Waals surface area contributed by atoms with Crippen molar-refractivity contribution in [3.8, 4) is 17.1 Å². The van der Waals surface area contributed by atoms with Crippen molar-refractivity contribution in [2.45, 2.75) is 6.42 Å². The van der Waals surface area contributed by atoms with Crippen LogP contribution in [0.2, 0.25) is 0 Å². The number of furan rings is 1. The van der Waals surface area contributed by atoms with Crippen molar-refractivity contribution < 1.29 is 18.9 Å². The number of thiophene rings is 1. The summed E-state index contributed by atoms with van der Waals surface area (Å²) in [5.41, 5.74) is 2.61. The molecule has 0 spiro atoms. The van der Waals surface area contributed by atoms with Crippen LogP contribution in [0.25, 0.3) is 11.3 Å². The zero-order valence-electron chi connectivity index (χ0n) is 14.2. The second-order valence-corrected chi connectivity index (χ2v) is 6.42. The number of carbonyl (C=O) groups is 1. The van der Waals surface area contributed by atoms with Crippen LogP contribution in [0.3, 0.4) is 0 Å². The molecule has 0 saturated carbocycles. The van der Waals surface area contributed by atoms with E-state index < -0.39 is 4.92 Å². The lowest BCUT2D eigenvalue weighted by molar-refractivity contribution is -0.384. The SMILES string of the molecule is COc1ccc(-c2ccc(C=NNC(=O)Cc3cccs3)o2)c([N+](=O)[O-])c1. The number of hydrogen-bond donors (Lipinski definition) is 1. The van der Waals surface area contributed by atoms with Crippen LogP contribution in [0.5, 0.6) is 5.75 Å². The van der Waals surface area contributed by atoms with Gasteiger partial charge in [0, 0.05) is 4.88 Å². The number of benzene rings is 1. The molecule has 9 heteroatoms. The van der Waals surface area contributed by atoms with Gasteiger partial charge in [-0.2, -0.15) is 5.10 Å². The van der Waals surface area contributed by atoms with E-state index in [1.54, 1.807) is 24.3 Å². The average Bonchev–Trinajstić information content (AvgIpc) is 3.33. The Morgan fingerprint density at radius 1 is 1.37 bits per heavy atom. The van der Waals surface area contributed by atoms with Crippen molar-refractivity contribution in [2.24, 2.45) is 5.10 Å². The van der Waals surface area contributed by atoms with Crippen molar-refractivity contribution in [1.82, 2.24) is 5.43 Å². The van der Waals surface area contributed by atoms with Gasteiger partial charge in [0.05, 0.1) is 36.3 Å². The summed E-state index contributed by atoms with van der Waals surface area (Å²) in [5.74, 6) is 0.806. The van der Waals surface area contributed by atoms with Gasteiger partial charge >= 0.3 is 0 Å². The molecule has 1 aromatic carbocycles. The van der Waals surface area contributed by atoms with E-state index in [1.807, 2.05) is 17.5 Å². The Balaban J connectivity index is 1.69. The number of nitro benzene ring substituents is 1. The third-order valence-corrected chi connectivity index (χ3v) is 4.47. The van der Waals surface area contributed by atoms with Crippen molar-refractivity contribution in [3.05, 3.63) is 68.6 Å². The Morgan fingerprint density at radius 2 is 2.22 bits per heavy atom. The second kappa shape index (κ2) is 8.28. The first-order chi connectivity index (χ1) is 13.1. The van der Waals surface area contributed by atoms with E-state index in [2.05, 4.69) is 10.5 Å². The molecule has 0 aliphatic heterocycles. The van der Waals surface area contributed by atoms with Crippen molar-refractivity contribution >= 4 is 29.1 Å². The maximum atomic E-state index is 11.8. The normalized spacial score (nSPS) is 10.9. The smallest absolute Gasteiger partial charge is 0.284 e. The Morgan fingerprint density at radius 3 is 2.93 bits per heavy atom. The summed E-state index contributed by atoms with van der Waals surface area (Å²) in [6.07, 6.45) is 1.58. The third-order valence-electron chi connectivity index (χ3n) is 3.59. The molecular weight excluding hydrogens is 370 g/mol. The summed E-state index contributed by atoms with van der Waals surface area (Å²) in [4.78, 5) is 23.5. The number of nitrogens with zero attached hydrogens (tertiary/aromatic N) is 2. The van der Waals surface area contributed by atoms with Crippen LogP contribution in [0.1, 0.15) is 10.6 Å². The summed E-state index contributed by atoms with van der Waals surface area (Å²) in [6, 6.07) is 11.5. The molecule has 0 radical (unpaired) electrons. The van der Waals surface area contributed by atoms with Crippen LogP contribution in [0.15, 0.2) is 57.4 Å². The molecule has 27 heavy (non-hydrogen) atoms. The van der Waals surface area contributed by atoms with E-state index in [4.69, 9.17) is 9.15 Å². The first-order valence-corrected chi connectivity index (χ1v) is 8.71. The third kappa shape index (κ3) is 4.59. The number of rotatable bonds is 7. The second-order valence-electron chi connectivity index (χ2n) is 5.39. The first-order valence-electron chi connectivity index (χ1n) is 7.83. The molecule has 3 rings (SSSR count). The van der Waals surface area contributed by atoms with Crippen LogP contribution >= 0.6 is 11.3 Å². The zero-order valence-corrected chi connectivity index (χ0v) is 15.1. The molecule has 1 amide bonds. The lowest BCUT2D eigenvalue weighted by Crippen LogP contribution is -2.19. The summed E-state index contributed by atoms with van der Waals surface area (Å²) < 4.78 is 10.6. The molecule has 0 bridgehead atoms. The maximum Gasteiger partial charge on any atom is 0.284 e. The number of amides is 1. The van der Waals surface area contributed by atoms with Gasteiger partial charge < -0.3 is 9.15 Å². The Hall–Kier alpha value is -3.46. The zero-order chi connectivity index (χ0) is 19.2. The molecule has 2 heterocycles. The fraction of sp³-hybridized carbons (Fsp3) is 0.111. The molecule has 0 saturated heterocycles. The summed E-state index contributed by atoms with van der Waals surface area (Å²) in [6.45, 7) is 0. The van der Waals surface area contributed by atoms with Crippen LogP contribution in [-0.4, -0.2) is 24.2 Å². The summed E-state index contributed by atoms with van der Waals surface area (Å²) in [5, 5.41) is 17.0. The highest BCUT2D eigenvalue weighted by Gasteiger charge is 2.19. The fourth-order valence-corrected chi connectivity index (χ4v) is 3.05. The van der Waals surface area contributed by atoms with Gasteiger partial charge in [0.2, 0.25) is 5.91 Å². The van der Waals surface area contributed by atoms with Gasteiger partial charge in [0.1, 0.15) is 17.3 Å². The minimum absolute atomic E-state index is 0.128. The van der Waals surface area contributed by atoms with Gasteiger partial charge in [-0.25, -0.2) is 5.43 Å². The molecule has 2 aromatic heterocycles. The predicted octanol–water partition coefficient (Wildman–Crippen LogP) is 3.62. The van der Waals surface area contributed by atoms with E-state index in [0.717, 1.165) is 4.88 Å². The van der Waals surface area contributed by atoms with E-state index in [9.17, 15) is 14.9 Å². The minimum Gasteiger partial charge on any atom is -0.497 e. The molecule has 138 valence electrons. The highest BCUT2D eigenvalue weighted by atomic mass is 32.1. The molecule has 0 atom stereocenters. The summed E-state index contributed by atoms with van der Waals surface area (Å²) >= 11 is 1.49. The number of nitro groups is 1. The van der Waals surface area contributed by atoms with Crippen molar-refractivity contribution in [2.75, 3.05) is 7.11 Å². The minimum atomic E-state index is -0.501. The first kappa shape index (κ1) is 18.3. The van der Waals surface area contributed by atoms with Gasteiger partial charge in [-0.05, 0) is 35.7 Å². The number of methoxy groups -OCH3 is 1. The van der Waals surface area contributed by atoms with Crippen LogP contribution in [0.4, 0.5) is 5.69 Å². The number of carbonyl (C=O) groups excluding carboxylic acids is 1. The molecule has 0 unspecified atom stereocenters. The highest BCUT2D eigenvalue weighted by Crippen LogP contribution is 2.33. The molecule has 0 aliphatic carbocycles. The van der Waals surface area contributed by atoms with Crippen molar-refractivity contribution in [3.63, 3.8) is 0 Å². The lowest BCUT2D eigenvalue weighted by Gasteiger charge is -2.03. The highest BCUT2D eigenvalue weighted by molar-refractivity contribution is 7.10. The van der Waals surface area contributed by atoms with Gasteiger partial charge in [0.25, 0.3) is 5.69 Å². The summed E-state index contributed by atoms with van der Waals surface area (Å²) in [7, 11) is 1.44. The molecular formula is C18H15N3O5S. The van der Waals surface area contributed by atoms with Crippen LogP contribution in [-0.2, 0) is 11.2 Å². The van der Waals surface area contributed by atoms with E-state index >= 15 is 0 Å². The Kier molecular flexibility index (Phi) is 5.62. The fourth-order valence-electron chi connectivity index (χ4n) is 2.34. The number of hydrogen-bond acceptors (Lipinski definition) is 7. The van der Waals surface area contributed by atoms with E-state index in [-0.39, 0.29) is 18.0 Å². The topological polar surface area (TPSA) is 107 Å². The lowest BCUT2D eigenvalue weighted by atomic mass is 10.1. The molecule has 0 aliphatic rings. The van der Waals surface area contributed by atoms with E-state index in [1.165, 1.54) is 30.7 Å². The number of ether oxygens (including phenoxy) is 1. The quantitative estimate of drug-likeness (QED) is 0.380. The molecule has 8 nitrogen and oxygen atoms in total. The maximum absolute atomic E-state index is 11.8. The van der Waals surface area contributed by atoms with Crippen LogP contribution < -0.4 is 10.2 Å². The van der Waals surface area contributed by atoms with Crippen molar-refractivity contribution in [1.29, 1.82) is 0 Å². The van der Waals surface area contributed by atoms with E-state index in [0.29, 0.717) is 22.8 Å². The number of hydrazone groups is 1. The average molecular weight is 385 g/mol. The van der Waals surface area contributed by atoms with Gasteiger partial charge in [0.15, 0.2) is 0 Å². The molecule has 3 aromatic rings. The van der Waals surface area contributed by atoms with Gasteiger partial charge in [-0.3, -0.25) is 14.9 Å². The molecule has 0 fully saturated rings. The monoisotopic (exact) mass is 385 g/mol. The largest absolute Gasteiger partial charge is 0.497 e. The number of nitrogens with one attached hydrogen (secondary N) is 1.